The second-order valence-electron chi connectivity index (χ2n) is 6.40. The van der Waals surface area contributed by atoms with Gasteiger partial charge in [-0.05, 0) is 41.1 Å². The molecule has 0 spiro atoms. The van der Waals surface area contributed by atoms with Crippen LogP contribution in [0.3, 0.4) is 0 Å². The molecule has 3 aromatic rings. The number of anilines is 2. The van der Waals surface area contributed by atoms with Gasteiger partial charge in [0.15, 0.2) is 0 Å². The second kappa shape index (κ2) is 9.36. The second-order valence-corrected chi connectivity index (χ2v) is 6.40. The molecular weight excluding hydrogens is 368 g/mol. The largest absolute Gasteiger partial charge is 0.352 e. The molecule has 0 fully saturated rings. The SMILES string of the molecule is CNC(=O)Nc1cccc(NC(=O)CCNC(=O)c2ccc3ccccc3c2)c1. The fraction of sp³-hybridized carbons (Fsp3) is 0.136. The van der Waals surface area contributed by atoms with Crippen LogP contribution in [0.5, 0.6) is 0 Å². The number of rotatable bonds is 6. The highest BCUT2D eigenvalue weighted by Gasteiger charge is 2.08. The maximum atomic E-state index is 12.3. The molecule has 0 aliphatic rings. The molecule has 7 heteroatoms. The van der Waals surface area contributed by atoms with Crippen LogP contribution in [0.2, 0.25) is 0 Å². The lowest BCUT2D eigenvalue weighted by molar-refractivity contribution is -0.116. The number of amides is 4. The molecule has 4 amide bonds. The maximum absolute atomic E-state index is 12.3. The minimum atomic E-state index is -0.343. The van der Waals surface area contributed by atoms with Crippen LogP contribution in [0.25, 0.3) is 10.8 Å². The normalized spacial score (nSPS) is 10.2. The third kappa shape index (κ3) is 5.55. The van der Waals surface area contributed by atoms with Gasteiger partial charge in [-0.25, -0.2) is 4.79 Å². The van der Waals surface area contributed by atoms with Gasteiger partial charge in [-0.3, -0.25) is 9.59 Å². The predicted molar refractivity (Wildman–Crippen MR) is 114 cm³/mol. The summed E-state index contributed by atoms with van der Waals surface area (Å²) >= 11 is 0. The molecule has 3 aromatic carbocycles. The van der Waals surface area contributed by atoms with E-state index in [4.69, 9.17) is 0 Å². The lowest BCUT2D eigenvalue weighted by Crippen LogP contribution is -2.27. The summed E-state index contributed by atoms with van der Waals surface area (Å²) in [4.78, 5) is 35.8. The zero-order valence-corrected chi connectivity index (χ0v) is 16.0. The number of carbonyl (C=O) groups is 3. The molecule has 0 saturated heterocycles. The number of urea groups is 1. The fourth-order valence-electron chi connectivity index (χ4n) is 2.81. The van der Waals surface area contributed by atoms with E-state index in [0.717, 1.165) is 10.8 Å². The molecule has 0 radical (unpaired) electrons. The maximum Gasteiger partial charge on any atom is 0.318 e. The first-order valence-corrected chi connectivity index (χ1v) is 9.21. The van der Waals surface area contributed by atoms with Gasteiger partial charge in [0.2, 0.25) is 5.91 Å². The van der Waals surface area contributed by atoms with Crippen molar-refractivity contribution in [3.8, 4) is 0 Å². The van der Waals surface area contributed by atoms with E-state index < -0.39 is 0 Å². The van der Waals surface area contributed by atoms with Crippen LogP contribution in [-0.2, 0) is 4.79 Å². The van der Waals surface area contributed by atoms with E-state index in [2.05, 4.69) is 21.3 Å². The number of nitrogens with one attached hydrogen (secondary N) is 4. The third-order valence-corrected chi connectivity index (χ3v) is 4.28. The van der Waals surface area contributed by atoms with Crippen molar-refractivity contribution in [2.75, 3.05) is 24.2 Å². The van der Waals surface area contributed by atoms with Crippen LogP contribution in [-0.4, -0.2) is 31.4 Å². The van der Waals surface area contributed by atoms with Gasteiger partial charge in [0.25, 0.3) is 5.91 Å². The third-order valence-electron chi connectivity index (χ3n) is 4.28. The highest BCUT2D eigenvalue weighted by Crippen LogP contribution is 2.16. The molecule has 148 valence electrons. The molecular formula is C22H22N4O3. The summed E-state index contributed by atoms with van der Waals surface area (Å²) in [6, 6.07) is 19.8. The molecule has 0 aromatic heterocycles. The van der Waals surface area contributed by atoms with E-state index in [1.165, 1.54) is 7.05 Å². The zero-order valence-electron chi connectivity index (χ0n) is 16.0. The van der Waals surface area contributed by atoms with Crippen LogP contribution in [0.4, 0.5) is 16.2 Å². The Labute approximate surface area is 168 Å². The van der Waals surface area contributed by atoms with Crippen LogP contribution >= 0.6 is 0 Å². The van der Waals surface area contributed by atoms with E-state index in [1.807, 2.05) is 36.4 Å². The summed E-state index contributed by atoms with van der Waals surface area (Å²) < 4.78 is 0. The Morgan fingerprint density at radius 2 is 1.52 bits per heavy atom. The van der Waals surface area contributed by atoms with Crippen LogP contribution in [0.15, 0.2) is 66.7 Å². The van der Waals surface area contributed by atoms with Gasteiger partial charge in [0.1, 0.15) is 0 Å². The molecule has 0 unspecified atom stereocenters. The smallest absolute Gasteiger partial charge is 0.318 e. The molecule has 0 atom stereocenters. The fourth-order valence-corrected chi connectivity index (χ4v) is 2.81. The Hall–Kier alpha value is -3.87. The molecule has 0 heterocycles. The quantitative estimate of drug-likeness (QED) is 0.519. The summed E-state index contributed by atoms with van der Waals surface area (Å²) in [6.45, 7) is 0.216. The summed E-state index contributed by atoms with van der Waals surface area (Å²) in [6.07, 6.45) is 0.131. The summed E-state index contributed by atoms with van der Waals surface area (Å²) in [7, 11) is 1.52. The van der Waals surface area contributed by atoms with E-state index >= 15 is 0 Å². The lowest BCUT2D eigenvalue weighted by Gasteiger charge is -2.09. The number of fused-ring (bicyclic) bond motifs is 1. The highest BCUT2D eigenvalue weighted by atomic mass is 16.2. The van der Waals surface area contributed by atoms with Crippen molar-refractivity contribution < 1.29 is 14.4 Å². The zero-order chi connectivity index (χ0) is 20.6. The van der Waals surface area contributed by atoms with Crippen LogP contribution in [0, 0.1) is 0 Å². The highest BCUT2D eigenvalue weighted by molar-refractivity contribution is 5.99. The van der Waals surface area contributed by atoms with E-state index in [9.17, 15) is 14.4 Å². The topological polar surface area (TPSA) is 99.3 Å². The van der Waals surface area contributed by atoms with Crippen molar-refractivity contribution in [3.05, 3.63) is 72.3 Å². The molecule has 0 saturated carbocycles. The molecule has 3 rings (SSSR count). The first-order valence-electron chi connectivity index (χ1n) is 9.21. The van der Waals surface area contributed by atoms with Gasteiger partial charge >= 0.3 is 6.03 Å². The summed E-state index contributed by atoms with van der Waals surface area (Å²) in [5.41, 5.74) is 1.67. The Morgan fingerprint density at radius 1 is 0.793 bits per heavy atom. The van der Waals surface area contributed by atoms with Crippen LogP contribution in [0.1, 0.15) is 16.8 Å². The van der Waals surface area contributed by atoms with E-state index in [1.54, 1.807) is 30.3 Å². The molecule has 4 N–H and O–H groups in total. The average molecular weight is 390 g/mol. The summed E-state index contributed by atoms with van der Waals surface area (Å²) in [5.74, 6) is -0.457. The summed E-state index contributed by atoms with van der Waals surface area (Å²) in [5, 5.41) is 12.7. The molecule has 0 bridgehead atoms. The van der Waals surface area contributed by atoms with Crippen LogP contribution < -0.4 is 21.3 Å². The van der Waals surface area contributed by atoms with Gasteiger partial charge in [-0.2, -0.15) is 0 Å². The molecule has 29 heavy (non-hydrogen) atoms. The first-order chi connectivity index (χ1) is 14.0. The van der Waals surface area contributed by atoms with Gasteiger partial charge in [-0.1, -0.05) is 36.4 Å². The van der Waals surface area contributed by atoms with Crippen molar-refractivity contribution in [1.82, 2.24) is 10.6 Å². The van der Waals surface area contributed by atoms with Crippen molar-refractivity contribution in [2.24, 2.45) is 0 Å². The Balaban J connectivity index is 1.49. The Kier molecular flexibility index (Phi) is 6.42. The molecule has 0 aliphatic carbocycles. The van der Waals surface area contributed by atoms with E-state index in [0.29, 0.717) is 16.9 Å². The van der Waals surface area contributed by atoms with Crippen molar-refractivity contribution in [2.45, 2.75) is 6.42 Å². The first kappa shape index (κ1) is 19.9. The standard InChI is InChI=1S/C22H22N4O3/c1-23-22(29)26-19-8-4-7-18(14-19)25-20(27)11-12-24-21(28)17-10-9-15-5-2-3-6-16(15)13-17/h2-10,13-14H,11-12H2,1H3,(H,24,28)(H,25,27)(H2,23,26,29). The molecule has 7 nitrogen and oxygen atoms in total. The number of carbonyl (C=O) groups excluding carboxylic acids is 3. The van der Waals surface area contributed by atoms with E-state index in [-0.39, 0.29) is 30.8 Å². The van der Waals surface area contributed by atoms with Gasteiger partial charge in [0, 0.05) is 37.0 Å². The monoisotopic (exact) mass is 390 g/mol. The lowest BCUT2D eigenvalue weighted by atomic mass is 10.1. The predicted octanol–water partition coefficient (Wildman–Crippen LogP) is 3.35. The number of benzene rings is 3. The molecule has 0 aliphatic heterocycles. The Morgan fingerprint density at radius 3 is 2.28 bits per heavy atom. The average Bonchev–Trinajstić information content (AvgIpc) is 2.73. The van der Waals surface area contributed by atoms with Gasteiger partial charge < -0.3 is 21.3 Å². The van der Waals surface area contributed by atoms with Gasteiger partial charge in [0.05, 0.1) is 0 Å². The minimum absolute atomic E-state index is 0.131. The number of hydrogen-bond donors (Lipinski definition) is 4. The van der Waals surface area contributed by atoms with Crippen molar-refractivity contribution in [3.63, 3.8) is 0 Å². The van der Waals surface area contributed by atoms with Crippen molar-refractivity contribution >= 4 is 40.0 Å². The number of hydrogen-bond acceptors (Lipinski definition) is 3. The van der Waals surface area contributed by atoms with Crippen molar-refractivity contribution in [1.29, 1.82) is 0 Å². The minimum Gasteiger partial charge on any atom is -0.352 e. The Bertz CT molecular complexity index is 1050. The van der Waals surface area contributed by atoms with Gasteiger partial charge in [-0.15, -0.1) is 0 Å².